The minimum atomic E-state index is -0.164. The third-order valence-electron chi connectivity index (χ3n) is 6.14. The third kappa shape index (κ3) is 5.85. The van der Waals surface area contributed by atoms with Gasteiger partial charge in [-0.1, -0.05) is 42.7 Å². The van der Waals surface area contributed by atoms with Crippen molar-refractivity contribution in [3.05, 3.63) is 52.3 Å². The predicted octanol–water partition coefficient (Wildman–Crippen LogP) is 4.34. The Morgan fingerprint density at radius 3 is 2.31 bits per heavy atom. The van der Waals surface area contributed by atoms with Gasteiger partial charge in [-0.05, 0) is 42.7 Å². The zero-order chi connectivity index (χ0) is 24.8. The zero-order valence-corrected chi connectivity index (χ0v) is 21.5. The van der Waals surface area contributed by atoms with Crippen molar-refractivity contribution in [3.8, 4) is 27.8 Å². The highest BCUT2D eigenvalue weighted by Crippen LogP contribution is 2.38. The highest BCUT2D eigenvalue weighted by molar-refractivity contribution is 7.12. The average molecular weight is 497 g/mol. The van der Waals surface area contributed by atoms with Crippen molar-refractivity contribution in [2.24, 2.45) is 12.0 Å². The van der Waals surface area contributed by atoms with Crippen molar-refractivity contribution >= 4 is 17.2 Å². The van der Waals surface area contributed by atoms with Gasteiger partial charge in [-0.2, -0.15) is 5.10 Å². The van der Waals surface area contributed by atoms with Crippen LogP contribution in [0.15, 0.2) is 41.4 Å². The second-order valence-corrected chi connectivity index (χ2v) is 9.48. The summed E-state index contributed by atoms with van der Waals surface area (Å²) >= 11 is 1.59. The molecular formula is C26H32N4O4S. The summed E-state index contributed by atoms with van der Waals surface area (Å²) in [7, 11) is 6.63. The molecular weight excluding hydrogens is 464 g/mol. The van der Waals surface area contributed by atoms with E-state index in [1.807, 2.05) is 48.1 Å². The summed E-state index contributed by atoms with van der Waals surface area (Å²) in [5.41, 5.74) is 2.39. The molecule has 1 amide bonds. The first-order chi connectivity index (χ1) is 17.0. The lowest BCUT2D eigenvalue weighted by atomic mass is 9.96. The van der Waals surface area contributed by atoms with Crippen molar-refractivity contribution in [1.29, 1.82) is 0 Å². The van der Waals surface area contributed by atoms with Gasteiger partial charge in [0.2, 0.25) is 10.6 Å². The first kappa shape index (κ1) is 24.8. The molecule has 0 radical (unpaired) electrons. The van der Waals surface area contributed by atoms with Crippen molar-refractivity contribution in [3.63, 3.8) is 0 Å². The van der Waals surface area contributed by atoms with E-state index < -0.39 is 0 Å². The number of carbonyl (C=O) groups is 1. The Kier molecular flexibility index (Phi) is 8.07. The molecule has 1 aliphatic rings. The largest absolute Gasteiger partial charge is 0.493 e. The monoisotopic (exact) mass is 496 g/mol. The van der Waals surface area contributed by atoms with Crippen molar-refractivity contribution < 1.29 is 19.0 Å². The topological polar surface area (TPSA) is 87.0 Å². The summed E-state index contributed by atoms with van der Waals surface area (Å²) in [4.78, 5) is 18.6. The van der Waals surface area contributed by atoms with E-state index in [4.69, 9.17) is 19.2 Å². The number of nitrogens with one attached hydrogen (secondary N) is 1. The van der Waals surface area contributed by atoms with Gasteiger partial charge in [-0.15, -0.1) is 0 Å². The summed E-state index contributed by atoms with van der Waals surface area (Å²) in [5.74, 6) is 1.45. The quantitative estimate of drug-likeness (QED) is 0.501. The van der Waals surface area contributed by atoms with Crippen LogP contribution in [0.3, 0.4) is 0 Å². The van der Waals surface area contributed by atoms with Gasteiger partial charge in [-0.3, -0.25) is 9.79 Å². The number of aryl methyl sites for hydroxylation is 1. The lowest BCUT2D eigenvalue weighted by Crippen LogP contribution is -2.22. The van der Waals surface area contributed by atoms with Crippen LogP contribution >= 0.6 is 11.3 Å². The fraction of sp³-hybridized carbons (Fsp3) is 0.423. The number of methoxy groups -OCH3 is 3. The smallest absolute Gasteiger partial charge is 0.251 e. The maximum absolute atomic E-state index is 12.7. The zero-order valence-electron chi connectivity index (χ0n) is 20.7. The number of aromatic nitrogens is 2. The van der Waals surface area contributed by atoms with Gasteiger partial charge >= 0.3 is 0 Å². The van der Waals surface area contributed by atoms with Crippen molar-refractivity contribution in [2.75, 3.05) is 21.3 Å². The highest BCUT2D eigenvalue weighted by Gasteiger charge is 2.15. The summed E-state index contributed by atoms with van der Waals surface area (Å²) in [6.07, 6.45) is 6.15. The molecule has 0 saturated heterocycles. The predicted molar refractivity (Wildman–Crippen MR) is 136 cm³/mol. The number of nitrogens with zero attached hydrogens (tertiary/aromatic N) is 3. The summed E-state index contributed by atoms with van der Waals surface area (Å²) in [6.45, 7) is 0.325. The first-order valence-electron chi connectivity index (χ1n) is 11.8. The molecule has 4 rings (SSSR count). The minimum Gasteiger partial charge on any atom is -0.493 e. The lowest BCUT2D eigenvalue weighted by Gasteiger charge is -2.16. The van der Waals surface area contributed by atoms with Gasteiger partial charge in [0.15, 0.2) is 11.5 Å². The molecule has 9 heteroatoms. The van der Waals surface area contributed by atoms with E-state index in [-0.39, 0.29) is 5.91 Å². The second-order valence-electron chi connectivity index (χ2n) is 8.53. The van der Waals surface area contributed by atoms with Gasteiger partial charge in [0, 0.05) is 24.7 Å². The van der Waals surface area contributed by atoms with Crippen LogP contribution < -0.4 is 24.3 Å². The Labute approximate surface area is 209 Å². The number of ether oxygens (including phenoxy) is 3. The summed E-state index contributed by atoms with van der Waals surface area (Å²) in [6, 6.07) is 11.5. The first-order valence-corrected chi connectivity index (χ1v) is 12.6. The molecule has 0 atom stereocenters. The molecule has 1 heterocycles. The molecule has 8 nitrogen and oxygen atoms in total. The van der Waals surface area contributed by atoms with E-state index >= 15 is 0 Å². The van der Waals surface area contributed by atoms with Crippen LogP contribution in [0.2, 0.25) is 0 Å². The van der Waals surface area contributed by atoms with E-state index in [1.165, 1.54) is 19.3 Å². The highest BCUT2D eigenvalue weighted by atomic mass is 32.1. The van der Waals surface area contributed by atoms with Crippen LogP contribution in [0.4, 0.5) is 0 Å². The molecule has 1 fully saturated rings. The standard InChI is InChI=1S/C26H32N4O4S/c1-30-26(28-20-8-6-5-7-9-20)35-25(29-30)19-12-10-18(11-13-19)24(31)27-16-17-14-21(32-2)23(34-4)22(15-17)33-3/h10-15,20H,5-9,16H2,1-4H3,(H,27,31)/b28-26+. The molecule has 1 aliphatic carbocycles. The molecule has 35 heavy (non-hydrogen) atoms. The molecule has 1 N–H and O–H groups in total. The normalized spacial score (nSPS) is 14.6. The van der Waals surface area contributed by atoms with Gasteiger partial charge < -0.3 is 19.5 Å². The van der Waals surface area contributed by atoms with Gasteiger partial charge in [-0.25, -0.2) is 4.68 Å². The fourth-order valence-electron chi connectivity index (χ4n) is 4.23. The number of hydrogen-bond donors (Lipinski definition) is 1. The third-order valence-corrected chi connectivity index (χ3v) is 7.21. The van der Waals surface area contributed by atoms with Crippen molar-refractivity contribution in [1.82, 2.24) is 15.1 Å². The Morgan fingerprint density at radius 2 is 1.71 bits per heavy atom. The maximum Gasteiger partial charge on any atom is 0.251 e. The van der Waals surface area contributed by atoms with Crippen LogP contribution in [0, 0.1) is 0 Å². The number of amides is 1. The molecule has 0 unspecified atom stereocenters. The van der Waals surface area contributed by atoms with Crippen LogP contribution in [-0.2, 0) is 13.6 Å². The molecule has 186 valence electrons. The van der Waals surface area contributed by atoms with Crippen LogP contribution in [0.25, 0.3) is 10.6 Å². The molecule has 3 aromatic rings. The number of rotatable bonds is 8. The van der Waals surface area contributed by atoms with E-state index in [0.29, 0.717) is 35.4 Å². The van der Waals surface area contributed by atoms with E-state index in [1.54, 1.807) is 32.7 Å². The number of benzene rings is 2. The summed E-state index contributed by atoms with van der Waals surface area (Å²) < 4.78 is 18.0. The molecule has 0 aliphatic heterocycles. The molecule has 1 aromatic heterocycles. The minimum absolute atomic E-state index is 0.164. The Balaban J connectivity index is 1.43. The van der Waals surface area contributed by atoms with E-state index in [0.717, 1.165) is 33.8 Å². The van der Waals surface area contributed by atoms with E-state index in [2.05, 4.69) is 10.4 Å². The van der Waals surface area contributed by atoms with E-state index in [9.17, 15) is 4.79 Å². The van der Waals surface area contributed by atoms with Crippen LogP contribution in [0.1, 0.15) is 48.0 Å². The Morgan fingerprint density at radius 1 is 1.06 bits per heavy atom. The second kappa shape index (κ2) is 11.4. The van der Waals surface area contributed by atoms with Gasteiger partial charge in [0.05, 0.1) is 27.4 Å². The van der Waals surface area contributed by atoms with Crippen LogP contribution in [-0.4, -0.2) is 43.1 Å². The van der Waals surface area contributed by atoms with Gasteiger partial charge in [0.25, 0.3) is 5.91 Å². The molecule has 0 bridgehead atoms. The number of hydrogen-bond acceptors (Lipinski definition) is 7. The molecule has 2 aromatic carbocycles. The fourth-order valence-corrected chi connectivity index (χ4v) is 5.20. The maximum atomic E-state index is 12.7. The Bertz CT molecular complexity index is 1200. The van der Waals surface area contributed by atoms with Gasteiger partial charge in [0.1, 0.15) is 5.01 Å². The van der Waals surface area contributed by atoms with Crippen LogP contribution in [0.5, 0.6) is 17.2 Å². The SMILES string of the molecule is COc1cc(CNC(=O)c2ccc(-c3nn(C)/c(=N\C4CCCCC4)s3)cc2)cc(OC)c1OC. The Hall–Kier alpha value is -3.33. The molecule has 0 spiro atoms. The lowest BCUT2D eigenvalue weighted by molar-refractivity contribution is 0.0951. The average Bonchev–Trinajstić information content (AvgIpc) is 3.26. The molecule has 1 saturated carbocycles. The summed E-state index contributed by atoms with van der Waals surface area (Å²) in [5, 5.41) is 8.50. The van der Waals surface area contributed by atoms with Crippen molar-refractivity contribution in [2.45, 2.75) is 44.7 Å². The number of carbonyl (C=O) groups excluding carboxylic acids is 1.